The molecule has 9 heteroatoms. The van der Waals surface area contributed by atoms with E-state index in [1.54, 1.807) is 36.4 Å². The van der Waals surface area contributed by atoms with Gasteiger partial charge in [0, 0.05) is 21.2 Å². The summed E-state index contributed by atoms with van der Waals surface area (Å²) in [6.07, 6.45) is 0. The summed E-state index contributed by atoms with van der Waals surface area (Å²) in [4.78, 5) is 31.2. The Kier molecular flexibility index (Phi) is 7.07. The number of nitrogens with one attached hydrogen (secondary N) is 2. The molecule has 6 nitrogen and oxygen atoms in total. The van der Waals surface area contributed by atoms with E-state index in [4.69, 9.17) is 5.73 Å². The second-order valence-electron chi connectivity index (χ2n) is 8.15. The first-order valence-electron chi connectivity index (χ1n) is 11.3. The molecular formula is C28H20BrFN4O2S. The van der Waals surface area contributed by atoms with E-state index in [1.165, 1.54) is 12.1 Å². The van der Waals surface area contributed by atoms with Crippen LogP contribution in [0.5, 0.6) is 0 Å². The molecule has 0 spiro atoms. The third kappa shape index (κ3) is 5.14. The van der Waals surface area contributed by atoms with Gasteiger partial charge in [0.05, 0.1) is 11.3 Å². The molecule has 184 valence electrons. The molecule has 4 aromatic carbocycles. The van der Waals surface area contributed by atoms with Crippen molar-refractivity contribution in [1.82, 2.24) is 0 Å². The number of rotatable bonds is 5. The standard InChI is InChI=1S/C28H20BrFN4O2S/c29-18-11-3-5-13-21(18)33-27(36)25-24(31)23(28(37-25)34-22-14-6-4-12-19(22)30)26(35)32-20-15-7-9-16-8-1-2-10-17(16)20/h1-15,25H,31H2,(H,32,35)(H,33,36)/t25-/m0/s1. The van der Waals surface area contributed by atoms with Crippen molar-refractivity contribution in [3.8, 4) is 0 Å². The number of amides is 2. The summed E-state index contributed by atoms with van der Waals surface area (Å²) in [6.45, 7) is 0. The molecule has 1 aliphatic heterocycles. The summed E-state index contributed by atoms with van der Waals surface area (Å²) in [5, 5.41) is 6.75. The predicted octanol–water partition coefficient (Wildman–Crippen LogP) is 6.38. The number of carbonyl (C=O) groups excluding carboxylic acids is 2. The van der Waals surface area contributed by atoms with E-state index in [0.717, 1.165) is 22.5 Å². The molecule has 0 aliphatic carbocycles. The molecule has 0 saturated carbocycles. The molecule has 4 aromatic rings. The Labute approximate surface area is 225 Å². The van der Waals surface area contributed by atoms with Crippen LogP contribution >= 0.6 is 27.7 Å². The molecule has 4 N–H and O–H groups in total. The predicted molar refractivity (Wildman–Crippen MR) is 151 cm³/mol. The van der Waals surface area contributed by atoms with Crippen LogP contribution in [0.15, 0.2) is 112 Å². The van der Waals surface area contributed by atoms with Gasteiger partial charge in [-0.05, 0) is 51.6 Å². The maximum atomic E-state index is 14.4. The van der Waals surface area contributed by atoms with Crippen LogP contribution in [0.3, 0.4) is 0 Å². The molecule has 1 atom stereocenters. The molecule has 0 unspecified atom stereocenters. The zero-order chi connectivity index (χ0) is 25.9. The second-order valence-corrected chi connectivity index (χ2v) is 10.1. The first-order valence-corrected chi connectivity index (χ1v) is 12.9. The van der Waals surface area contributed by atoms with Crippen LogP contribution < -0.4 is 16.4 Å². The number of anilines is 2. The van der Waals surface area contributed by atoms with Gasteiger partial charge in [-0.25, -0.2) is 9.38 Å². The Balaban J connectivity index is 1.52. The Morgan fingerprint density at radius 3 is 2.35 bits per heavy atom. The minimum Gasteiger partial charge on any atom is -0.400 e. The topological polar surface area (TPSA) is 96.6 Å². The maximum Gasteiger partial charge on any atom is 0.260 e. The number of nitrogens with two attached hydrogens (primary N) is 1. The molecule has 37 heavy (non-hydrogen) atoms. The van der Waals surface area contributed by atoms with E-state index in [2.05, 4.69) is 31.6 Å². The van der Waals surface area contributed by atoms with Crippen molar-refractivity contribution in [2.24, 2.45) is 10.7 Å². The van der Waals surface area contributed by atoms with Gasteiger partial charge >= 0.3 is 0 Å². The zero-order valence-electron chi connectivity index (χ0n) is 19.2. The van der Waals surface area contributed by atoms with E-state index < -0.39 is 22.9 Å². The first-order chi connectivity index (χ1) is 17.9. The van der Waals surface area contributed by atoms with Crippen LogP contribution in [0.4, 0.5) is 21.5 Å². The lowest BCUT2D eigenvalue weighted by atomic mass is 10.1. The molecule has 2 amide bonds. The van der Waals surface area contributed by atoms with Crippen LogP contribution in [0.25, 0.3) is 10.8 Å². The number of hydrogen-bond acceptors (Lipinski definition) is 5. The van der Waals surface area contributed by atoms with Crippen molar-refractivity contribution in [1.29, 1.82) is 0 Å². The van der Waals surface area contributed by atoms with Gasteiger partial charge in [-0.15, -0.1) is 0 Å². The van der Waals surface area contributed by atoms with Crippen molar-refractivity contribution in [2.75, 3.05) is 10.6 Å². The Hall–Kier alpha value is -3.95. The van der Waals surface area contributed by atoms with Gasteiger partial charge in [0.1, 0.15) is 21.8 Å². The molecule has 0 fully saturated rings. The number of fused-ring (bicyclic) bond motifs is 1. The van der Waals surface area contributed by atoms with Crippen LogP contribution in [0, 0.1) is 5.82 Å². The minimum atomic E-state index is -0.939. The van der Waals surface area contributed by atoms with Gasteiger partial charge in [0.25, 0.3) is 5.91 Å². The highest BCUT2D eigenvalue weighted by atomic mass is 79.9. The van der Waals surface area contributed by atoms with E-state index >= 15 is 0 Å². The van der Waals surface area contributed by atoms with Crippen molar-refractivity contribution in [3.05, 3.63) is 113 Å². The number of aliphatic imine (C=N–C) groups is 1. The SMILES string of the molecule is NC1=C(C(=O)Nc2cccc3ccccc23)C(=Nc2ccccc2F)S[C@@H]1C(=O)Nc1ccccc1Br. The highest BCUT2D eigenvalue weighted by molar-refractivity contribution is 9.10. The van der Waals surface area contributed by atoms with Crippen LogP contribution in [0.1, 0.15) is 0 Å². The number of carbonyl (C=O) groups is 2. The highest BCUT2D eigenvalue weighted by Crippen LogP contribution is 2.37. The maximum absolute atomic E-state index is 14.4. The third-order valence-corrected chi connectivity index (χ3v) is 7.64. The van der Waals surface area contributed by atoms with Crippen molar-refractivity contribution in [3.63, 3.8) is 0 Å². The van der Waals surface area contributed by atoms with Crippen LogP contribution in [0.2, 0.25) is 0 Å². The lowest BCUT2D eigenvalue weighted by Crippen LogP contribution is -2.29. The molecular weight excluding hydrogens is 555 g/mol. The normalized spacial score (nSPS) is 16.3. The van der Waals surface area contributed by atoms with Gasteiger partial charge in [-0.3, -0.25) is 9.59 Å². The summed E-state index contributed by atoms with van der Waals surface area (Å²) in [5.74, 6) is -1.51. The average Bonchev–Trinajstić information content (AvgIpc) is 3.22. The molecule has 1 heterocycles. The van der Waals surface area contributed by atoms with E-state index in [9.17, 15) is 14.0 Å². The molecule has 0 saturated heterocycles. The summed E-state index contributed by atoms with van der Waals surface area (Å²) < 4.78 is 15.1. The first kappa shape index (κ1) is 24.7. The van der Waals surface area contributed by atoms with Gasteiger partial charge < -0.3 is 16.4 Å². The van der Waals surface area contributed by atoms with Crippen LogP contribution in [-0.2, 0) is 9.59 Å². The monoisotopic (exact) mass is 574 g/mol. The largest absolute Gasteiger partial charge is 0.400 e. The van der Waals surface area contributed by atoms with Gasteiger partial charge in [-0.1, -0.05) is 72.4 Å². The molecule has 0 radical (unpaired) electrons. The van der Waals surface area contributed by atoms with E-state index in [-0.39, 0.29) is 22.0 Å². The summed E-state index contributed by atoms with van der Waals surface area (Å²) >= 11 is 4.41. The fourth-order valence-electron chi connectivity index (χ4n) is 3.93. The molecule has 0 bridgehead atoms. The number of thioether (sulfide) groups is 1. The summed E-state index contributed by atoms with van der Waals surface area (Å²) in [5.41, 5.74) is 7.68. The van der Waals surface area contributed by atoms with Crippen molar-refractivity contribution < 1.29 is 14.0 Å². The number of benzene rings is 4. The van der Waals surface area contributed by atoms with Gasteiger partial charge in [-0.2, -0.15) is 0 Å². The molecule has 1 aliphatic rings. The van der Waals surface area contributed by atoms with E-state index in [0.29, 0.717) is 15.8 Å². The van der Waals surface area contributed by atoms with Crippen molar-refractivity contribution >= 4 is 72.4 Å². The highest BCUT2D eigenvalue weighted by Gasteiger charge is 2.39. The minimum absolute atomic E-state index is 0.0356. The summed E-state index contributed by atoms with van der Waals surface area (Å²) in [7, 11) is 0. The summed E-state index contributed by atoms with van der Waals surface area (Å²) in [6, 6.07) is 26.3. The lowest BCUT2D eigenvalue weighted by molar-refractivity contribution is -0.115. The fraction of sp³-hybridized carbons (Fsp3) is 0.0357. The second kappa shape index (κ2) is 10.6. The zero-order valence-corrected chi connectivity index (χ0v) is 21.6. The van der Waals surface area contributed by atoms with Gasteiger partial charge in [0.2, 0.25) is 5.91 Å². The number of hydrogen-bond donors (Lipinski definition) is 3. The molecule has 5 rings (SSSR count). The molecule has 0 aromatic heterocycles. The van der Waals surface area contributed by atoms with E-state index in [1.807, 2.05) is 42.5 Å². The number of halogens is 2. The quantitative estimate of drug-likeness (QED) is 0.258. The Bertz CT molecular complexity index is 1600. The average molecular weight is 575 g/mol. The number of nitrogens with zero attached hydrogens (tertiary/aromatic N) is 1. The number of para-hydroxylation sites is 2. The smallest absolute Gasteiger partial charge is 0.260 e. The van der Waals surface area contributed by atoms with Crippen LogP contribution in [-0.4, -0.2) is 22.1 Å². The van der Waals surface area contributed by atoms with Crippen molar-refractivity contribution in [2.45, 2.75) is 5.25 Å². The third-order valence-electron chi connectivity index (χ3n) is 5.72. The lowest BCUT2D eigenvalue weighted by Gasteiger charge is -2.12. The fourth-order valence-corrected chi connectivity index (χ4v) is 5.42. The Morgan fingerprint density at radius 2 is 1.54 bits per heavy atom. The Morgan fingerprint density at radius 1 is 0.865 bits per heavy atom. The van der Waals surface area contributed by atoms with Gasteiger partial charge in [0.15, 0.2) is 0 Å².